The fourth-order valence-electron chi connectivity index (χ4n) is 4.46. The van der Waals surface area contributed by atoms with Gasteiger partial charge in [-0.05, 0) is 26.2 Å². The predicted molar refractivity (Wildman–Crippen MR) is 123 cm³/mol. The molecule has 2 rings (SSSR count). The summed E-state index contributed by atoms with van der Waals surface area (Å²) >= 11 is 0. The zero-order valence-electron chi connectivity index (χ0n) is 19.5. The molecule has 11 nitrogen and oxygen atoms in total. The van der Waals surface area contributed by atoms with Crippen LogP contribution in [0.25, 0.3) is 0 Å². The molecule has 188 valence electrons. The number of aromatic nitrogens is 2. The van der Waals surface area contributed by atoms with E-state index in [1.54, 1.807) is 6.92 Å². The van der Waals surface area contributed by atoms with Crippen LogP contribution in [-0.4, -0.2) is 68.2 Å². The van der Waals surface area contributed by atoms with Gasteiger partial charge in [-0.2, -0.15) is 4.98 Å². The van der Waals surface area contributed by atoms with Crippen molar-refractivity contribution in [3.05, 3.63) is 22.2 Å². The Kier molecular flexibility index (Phi) is 9.95. The highest BCUT2D eigenvalue weighted by atomic mass is 16.6. The van der Waals surface area contributed by atoms with Crippen LogP contribution in [-0.2, 0) is 15.3 Å². The SMILES string of the molecule is CCCCC(N)CCCCC(=O)C(CN)[C@@]1(n2cc(C)c(N)nc2=O)O[C@H](CO)[C@@H](O)[C@H]1O. The second-order valence-electron chi connectivity index (χ2n) is 8.89. The summed E-state index contributed by atoms with van der Waals surface area (Å²) in [6.45, 7) is 2.83. The van der Waals surface area contributed by atoms with Crippen molar-refractivity contribution < 1.29 is 24.9 Å². The highest BCUT2D eigenvalue weighted by Crippen LogP contribution is 2.41. The maximum atomic E-state index is 13.3. The molecule has 0 aromatic carbocycles. The average Bonchev–Trinajstić information content (AvgIpc) is 3.04. The number of nitrogens with two attached hydrogens (primary N) is 3. The molecule has 0 saturated carbocycles. The summed E-state index contributed by atoms with van der Waals surface area (Å²) in [6.07, 6.45) is 2.15. The van der Waals surface area contributed by atoms with Gasteiger partial charge in [-0.3, -0.25) is 9.36 Å². The number of Topliss-reactive ketones (excluding diaryl/α,β-unsaturated/α-hetero) is 1. The molecule has 6 atom stereocenters. The molecule has 0 aliphatic carbocycles. The van der Waals surface area contributed by atoms with E-state index in [0.717, 1.165) is 36.7 Å². The van der Waals surface area contributed by atoms with Gasteiger partial charge in [0, 0.05) is 30.8 Å². The molecule has 0 spiro atoms. The van der Waals surface area contributed by atoms with E-state index >= 15 is 0 Å². The number of aryl methyl sites for hydroxylation is 1. The maximum absolute atomic E-state index is 13.3. The molecule has 2 heterocycles. The molecule has 33 heavy (non-hydrogen) atoms. The molecule has 2 unspecified atom stereocenters. The Labute approximate surface area is 193 Å². The van der Waals surface area contributed by atoms with Crippen molar-refractivity contribution in [2.45, 2.75) is 88.9 Å². The largest absolute Gasteiger partial charge is 0.394 e. The van der Waals surface area contributed by atoms with E-state index in [1.165, 1.54) is 6.20 Å². The monoisotopic (exact) mass is 469 g/mol. The summed E-state index contributed by atoms with van der Waals surface area (Å²) in [4.78, 5) is 29.8. The first-order valence-corrected chi connectivity index (χ1v) is 11.6. The first-order valence-electron chi connectivity index (χ1n) is 11.6. The fourth-order valence-corrected chi connectivity index (χ4v) is 4.46. The highest BCUT2D eigenvalue weighted by molar-refractivity contribution is 5.82. The Morgan fingerprint density at radius 3 is 2.55 bits per heavy atom. The minimum atomic E-state index is -2.03. The average molecular weight is 470 g/mol. The quantitative estimate of drug-likeness (QED) is 0.197. The molecule has 1 aromatic rings. The van der Waals surface area contributed by atoms with Gasteiger partial charge in [-0.1, -0.05) is 26.2 Å². The molecule has 1 saturated heterocycles. The number of aliphatic hydroxyl groups is 3. The number of hydrogen-bond donors (Lipinski definition) is 6. The van der Waals surface area contributed by atoms with Crippen LogP contribution < -0.4 is 22.9 Å². The molecule has 9 N–H and O–H groups in total. The van der Waals surface area contributed by atoms with E-state index in [2.05, 4.69) is 11.9 Å². The Morgan fingerprint density at radius 1 is 1.30 bits per heavy atom. The van der Waals surface area contributed by atoms with Crippen molar-refractivity contribution in [3.8, 4) is 0 Å². The van der Waals surface area contributed by atoms with Gasteiger partial charge in [0.15, 0.2) is 5.72 Å². The second kappa shape index (κ2) is 12.0. The van der Waals surface area contributed by atoms with Gasteiger partial charge in [-0.25, -0.2) is 4.79 Å². The summed E-state index contributed by atoms with van der Waals surface area (Å²) < 4.78 is 6.83. The number of ketones is 1. The molecule has 1 aliphatic rings. The second-order valence-corrected chi connectivity index (χ2v) is 8.89. The summed E-state index contributed by atoms with van der Waals surface area (Å²) in [6, 6.07) is 0.0829. The highest BCUT2D eigenvalue weighted by Gasteiger charge is 2.61. The van der Waals surface area contributed by atoms with Crippen LogP contribution in [0.2, 0.25) is 0 Å². The number of nitrogen functional groups attached to an aromatic ring is 1. The normalized spacial score (nSPS) is 26.9. The van der Waals surface area contributed by atoms with Gasteiger partial charge < -0.3 is 37.3 Å². The van der Waals surface area contributed by atoms with Crippen LogP contribution in [0.3, 0.4) is 0 Å². The molecular formula is C22H39N5O6. The van der Waals surface area contributed by atoms with Crippen LogP contribution in [0.1, 0.15) is 57.4 Å². The van der Waals surface area contributed by atoms with E-state index in [1.807, 2.05) is 0 Å². The predicted octanol–water partition coefficient (Wildman–Crippen LogP) is -0.878. The topological polar surface area (TPSA) is 200 Å². The van der Waals surface area contributed by atoms with Gasteiger partial charge in [0.2, 0.25) is 0 Å². The Morgan fingerprint density at radius 2 is 1.97 bits per heavy atom. The Balaban J connectivity index is 2.32. The Bertz CT molecular complexity index is 849. The lowest BCUT2D eigenvalue weighted by Gasteiger charge is -2.39. The zero-order chi connectivity index (χ0) is 24.8. The summed E-state index contributed by atoms with van der Waals surface area (Å²) in [5.74, 6) is -1.51. The van der Waals surface area contributed by atoms with Crippen LogP contribution in [0.4, 0.5) is 5.82 Å². The van der Waals surface area contributed by atoms with Crippen molar-refractivity contribution in [2.24, 2.45) is 17.4 Å². The third kappa shape index (κ3) is 5.79. The number of rotatable bonds is 13. The van der Waals surface area contributed by atoms with Crippen molar-refractivity contribution in [2.75, 3.05) is 18.9 Å². The third-order valence-electron chi connectivity index (χ3n) is 6.47. The smallest absolute Gasteiger partial charge is 0.351 e. The van der Waals surface area contributed by atoms with Crippen molar-refractivity contribution in [3.63, 3.8) is 0 Å². The standard InChI is InChI=1S/C22H39N5O6/c1-3-4-7-14(24)8-5-6-9-16(29)15(10-23)22(19(31)18(30)17(12-28)33-22)27-11-13(2)20(25)26-21(27)32/h11,14-15,17-19,28,30-31H,3-10,12,23-24H2,1-2H3,(H2,25,26,32)/t14?,15?,17-,18-,19-,22-/m1/s1. The summed E-state index contributed by atoms with van der Waals surface area (Å²) in [7, 11) is 0. The molecule has 1 aromatic heterocycles. The van der Waals surface area contributed by atoms with Gasteiger partial charge >= 0.3 is 5.69 Å². The fraction of sp³-hybridized carbons (Fsp3) is 0.773. The minimum absolute atomic E-state index is 0.00631. The first-order chi connectivity index (χ1) is 15.6. The van der Waals surface area contributed by atoms with Gasteiger partial charge in [0.05, 0.1) is 12.5 Å². The van der Waals surface area contributed by atoms with Crippen LogP contribution in [0.5, 0.6) is 0 Å². The van der Waals surface area contributed by atoms with Crippen molar-refractivity contribution in [1.82, 2.24) is 9.55 Å². The number of ether oxygens (including phenoxy) is 1. The number of aliphatic hydroxyl groups excluding tert-OH is 3. The number of carbonyl (C=O) groups is 1. The van der Waals surface area contributed by atoms with Crippen molar-refractivity contribution >= 4 is 11.6 Å². The van der Waals surface area contributed by atoms with E-state index in [4.69, 9.17) is 21.9 Å². The maximum Gasteiger partial charge on any atom is 0.351 e. The molecule has 1 aliphatic heterocycles. The lowest BCUT2D eigenvalue weighted by Crippen LogP contribution is -2.59. The molecule has 0 bridgehead atoms. The molecule has 1 fully saturated rings. The van der Waals surface area contributed by atoms with Gasteiger partial charge in [0.25, 0.3) is 0 Å². The summed E-state index contributed by atoms with van der Waals surface area (Å²) in [5.41, 5.74) is 15.3. The number of carbonyl (C=O) groups excluding carboxylic acids is 1. The summed E-state index contributed by atoms with van der Waals surface area (Å²) in [5, 5.41) is 31.1. The first kappa shape index (κ1) is 27.4. The van der Waals surface area contributed by atoms with E-state index in [0.29, 0.717) is 12.0 Å². The van der Waals surface area contributed by atoms with Crippen LogP contribution >= 0.6 is 0 Å². The Hall–Kier alpha value is -1.89. The molecule has 11 heteroatoms. The number of anilines is 1. The minimum Gasteiger partial charge on any atom is -0.394 e. The lowest BCUT2D eigenvalue weighted by molar-refractivity contribution is -0.188. The molecule has 0 amide bonds. The van der Waals surface area contributed by atoms with E-state index < -0.39 is 42.3 Å². The number of unbranched alkanes of at least 4 members (excludes halogenated alkanes) is 2. The van der Waals surface area contributed by atoms with Crippen LogP contribution in [0, 0.1) is 12.8 Å². The van der Waals surface area contributed by atoms with Crippen LogP contribution in [0.15, 0.2) is 11.0 Å². The van der Waals surface area contributed by atoms with Gasteiger partial charge in [-0.15, -0.1) is 0 Å². The number of nitrogens with zero attached hydrogens (tertiary/aromatic N) is 2. The molecular weight excluding hydrogens is 430 g/mol. The number of hydrogen-bond acceptors (Lipinski definition) is 10. The van der Waals surface area contributed by atoms with E-state index in [9.17, 15) is 24.9 Å². The lowest BCUT2D eigenvalue weighted by atomic mass is 9.83. The third-order valence-corrected chi connectivity index (χ3v) is 6.47. The van der Waals surface area contributed by atoms with Crippen molar-refractivity contribution in [1.29, 1.82) is 0 Å². The molecule has 0 radical (unpaired) electrons. The van der Waals surface area contributed by atoms with E-state index in [-0.39, 0.29) is 30.6 Å². The van der Waals surface area contributed by atoms with Gasteiger partial charge in [0.1, 0.15) is 29.9 Å². The zero-order valence-corrected chi connectivity index (χ0v) is 19.5.